The lowest BCUT2D eigenvalue weighted by atomic mass is 9.88. The van der Waals surface area contributed by atoms with Crippen LogP contribution in [0.5, 0.6) is 5.75 Å². The molecule has 22 heavy (non-hydrogen) atoms. The molecule has 0 atom stereocenters. The van der Waals surface area contributed by atoms with E-state index in [0.29, 0.717) is 5.58 Å². The van der Waals surface area contributed by atoms with Gasteiger partial charge in [0.05, 0.1) is 0 Å². The summed E-state index contributed by atoms with van der Waals surface area (Å²) in [5, 5.41) is 1.08. The molecule has 1 aliphatic heterocycles. The Morgan fingerprint density at radius 1 is 1.14 bits per heavy atom. The SMILES string of the molecule is Cc1c2c(cc3c4c(c(=O)oc13)CCCC4)C=CC(C)(C)O2. The molecule has 0 amide bonds. The number of aryl methyl sites for hydroxylation is 2. The predicted octanol–water partition coefficient (Wildman–Crippen LogP) is 4.16. The van der Waals surface area contributed by atoms with E-state index in [1.165, 1.54) is 5.56 Å². The molecule has 3 nitrogen and oxygen atoms in total. The van der Waals surface area contributed by atoms with Crippen molar-refractivity contribution in [3.8, 4) is 5.75 Å². The van der Waals surface area contributed by atoms with Crippen LogP contribution in [0.25, 0.3) is 17.0 Å². The monoisotopic (exact) mass is 296 g/mol. The molecule has 1 aromatic heterocycles. The zero-order valence-electron chi connectivity index (χ0n) is 13.3. The zero-order valence-corrected chi connectivity index (χ0v) is 13.3. The Morgan fingerprint density at radius 2 is 1.86 bits per heavy atom. The van der Waals surface area contributed by atoms with Crippen LogP contribution in [-0.4, -0.2) is 5.60 Å². The van der Waals surface area contributed by atoms with E-state index in [9.17, 15) is 4.79 Å². The van der Waals surface area contributed by atoms with Crippen molar-refractivity contribution in [1.29, 1.82) is 0 Å². The fourth-order valence-corrected chi connectivity index (χ4v) is 3.59. The second kappa shape index (κ2) is 4.48. The van der Waals surface area contributed by atoms with Gasteiger partial charge in [-0.2, -0.15) is 0 Å². The van der Waals surface area contributed by atoms with Crippen molar-refractivity contribution >= 4 is 17.0 Å². The van der Waals surface area contributed by atoms with Crippen molar-refractivity contribution in [3.05, 3.63) is 44.8 Å². The fourth-order valence-electron chi connectivity index (χ4n) is 3.59. The normalized spacial score (nSPS) is 18.7. The van der Waals surface area contributed by atoms with Gasteiger partial charge in [-0.3, -0.25) is 0 Å². The third-order valence-electron chi connectivity index (χ3n) is 4.75. The van der Waals surface area contributed by atoms with E-state index in [1.54, 1.807) is 0 Å². The summed E-state index contributed by atoms with van der Waals surface area (Å²) in [6, 6.07) is 2.12. The molecule has 2 heterocycles. The van der Waals surface area contributed by atoms with Gasteiger partial charge in [-0.05, 0) is 64.2 Å². The summed E-state index contributed by atoms with van der Waals surface area (Å²) in [5.74, 6) is 0.832. The summed E-state index contributed by atoms with van der Waals surface area (Å²) in [4.78, 5) is 12.3. The Morgan fingerprint density at radius 3 is 2.64 bits per heavy atom. The number of hydrogen-bond acceptors (Lipinski definition) is 3. The summed E-state index contributed by atoms with van der Waals surface area (Å²) in [5.41, 5.74) is 4.24. The Labute approximate surface area is 129 Å². The minimum absolute atomic E-state index is 0.170. The Hall–Kier alpha value is -2.03. The second-order valence-corrected chi connectivity index (χ2v) is 6.89. The summed E-state index contributed by atoms with van der Waals surface area (Å²) in [7, 11) is 0. The van der Waals surface area contributed by atoms with E-state index in [2.05, 4.69) is 18.2 Å². The highest BCUT2D eigenvalue weighted by Gasteiger charge is 2.27. The third-order valence-corrected chi connectivity index (χ3v) is 4.75. The van der Waals surface area contributed by atoms with Crippen LogP contribution >= 0.6 is 0 Å². The van der Waals surface area contributed by atoms with Crippen molar-refractivity contribution in [2.75, 3.05) is 0 Å². The van der Waals surface area contributed by atoms with Crippen molar-refractivity contribution in [3.63, 3.8) is 0 Å². The lowest BCUT2D eigenvalue weighted by molar-refractivity contribution is 0.158. The first-order chi connectivity index (χ1) is 10.5. The van der Waals surface area contributed by atoms with E-state index in [1.807, 2.05) is 20.8 Å². The molecule has 0 unspecified atom stereocenters. The highest BCUT2D eigenvalue weighted by atomic mass is 16.5. The maximum atomic E-state index is 12.3. The number of rotatable bonds is 0. The first-order valence-electron chi connectivity index (χ1n) is 7.97. The van der Waals surface area contributed by atoms with Crippen LogP contribution in [0.4, 0.5) is 0 Å². The van der Waals surface area contributed by atoms with Gasteiger partial charge in [0.1, 0.15) is 16.9 Å². The molecule has 114 valence electrons. The summed E-state index contributed by atoms with van der Waals surface area (Å²) < 4.78 is 11.8. The molecule has 0 radical (unpaired) electrons. The van der Waals surface area contributed by atoms with Gasteiger partial charge >= 0.3 is 5.63 Å². The second-order valence-electron chi connectivity index (χ2n) is 6.89. The van der Waals surface area contributed by atoms with Gasteiger partial charge in [-0.15, -0.1) is 0 Å². The molecule has 0 N–H and O–H groups in total. The van der Waals surface area contributed by atoms with E-state index in [-0.39, 0.29) is 11.2 Å². The van der Waals surface area contributed by atoms with Crippen LogP contribution in [0, 0.1) is 6.92 Å². The van der Waals surface area contributed by atoms with Crippen LogP contribution in [0.15, 0.2) is 21.4 Å². The Bertz CT molecular complexity index is 869. The smallest absolute Gasteiger partial charge is 0.339 e. The number of hydrogen-bond donors (Lipinski definition) is 0. The molecule has 0 bridgehead atoms. The van der Waals surface area contributed by atoms with Gasteiger partial charge in [-0.1, -0.05) is 6.08 Å². The molecule has 0 saturated carbocycles. The van der Waals surface area contributed by atoms with Gasteiger partial charge in [0.25, 0.3) is 0 Å². The van der Waals surface area contributed by atoms with E-state index in [4.69, 9.17) is 9.15 Å². The molecule has 3 heteroatoms. The first-order valence-corrected chi connectivity index (χ1v) is 7.97. The quantitative estimate of drug-likeness (QED) is 0.685. The zero-order chi connectivity index (χ0) is 15.5. The first kappa shape index (κ1) is 13.6. The largest absolute Gasteiger partial charge is 0.483 e. The number of benzene rings is 1. The van der Waals surface area contributed by atoms with Crippen LogP contribution in [0.2, 0.25) is 0 Å². The summed E-state index contributed by atoms with van der Waals surface area (Å²) in [6.45, 7) is 6.03. The fraction of sp³-hybridized carbons (Fsp3) is 0.421. The minimum atomic E-state index is -0.333. The minimum Gasteiger partial charge on any atom is -0.483 e. The number of fused-ring (bicyclic) bond motifs is 4. The summed E-state index contributed by atoms with van der Waals surface area (Å²) >= 11 is 0. The lowest BCUT2D eigenvalue weighted by Gasteiger charge is -2.29. The highest BCUT2D eigenvalue weighted by molar-refractivity contribution is 5.90. The highest BCUT2D eigenvalue weighted by Crippen LogP contribution is 2.40. The van der Waals surface area contributed by atoms with Gasteiger partial charge in [0, 0.05) is 22.1 Å². The van der Waals surface area contributed by atoms with Crippen LogP contribution in [0.3, 0.4) is 0 Å². The van der Waals surface area contributed by atoms with E-state index in [0.717, 1.165) is 53.5 Å². The maximum Gasteiger partial charge on any atom is 0.339 e. The molecule has 2 aliphatic rings. The Kier molecular flexibility index (Phi) is 2.77. The Balaban J connectivity index is 2.07. The topological polar surface area (TPSA) is 39.4 Å². The average molecular weight is 296 g/mol. The van der Waals surface area contributed by atoms with Crippen molar-refractivity contribution in [2.45, 2.75) is 52.1 Å². The molecular formula is C19H20O3. The van der Waals surface area contributed by atoms with Gasteiger partial charge in [0.15, 0.2) is 0 Å². The molecule has 0 saturated heterocycles. The predicted molar refractivity (Wildman–Crippen MR) is 87.6 cm³/mol. The van der Waals surface area contributed by atoms with Crippen LogP contribution in [0.1, 0.15) is 48.9 Å². The molecule has 1 aliphatic carbocycles. The molecule has 0 fully saturated rings. The molecule has 2 aromatic rings. The standard InChI is InChI=1S/C19H20O3/c1-11-16-12(8-9-19(2,3)22-16)10-15-13-6-4-5-7-14(13)18(20)21-17(11)15/h8-10H,4-7H2,1-3H3. The number of ether oxygens (including phenoxy) is 1. The van der Waals surface area contributed by atoms with Crippen LogP contribution < -0.4 is 10.4 Å². The van der Waals surface area contributed by atoms with Gasteiger partial charge < -0.3 is 9.15 Å². The molecule has 4 rings (SSSR count). The average Bonchev–Trinajstić information content (AvgIpc) is 2.49. The van der Waals surface area contributed by atoms with Crippen molar-refractivity contribution in [2.24, 2.45) is 0 Å². The lowest BCUT2D eigenvalue weighted by Crippen LogP contribution is -2.28. The maximum absolute atomic E-state index is 12.3. The molecule has 0 spiro atoms. The van der Waals surface area contributed by atoms with Crippen LogP contribution in [-0.2, 0) is 12.8 Å². The van der Waals surface area contributed by atoms with E-state index < -0.39 is 0 Å². The summed E-state index contributed by atoms with van der Waals surface area (Å²) in [6.07, 6.45) is 8.21. The molecular weight excluding hydrogens is 276 g/mol. The van der Waals surface area contributed by atoms with Crippen molar-refractivity contribution in [1.82, 2.24) is 0 Å². The van der Waals surface area contributed by atoms with Gasteiger partial charge in [0.2, 0.25) is 0 Å². The van der Waals surface area contributed by atoms with Gasteiger partial charge in [-0.25, -0.2) is 4.79 Å². The molecule has 1 aromatic carbocycles. The van der Waals surface area contributed by atoms with E-state index >= 15 is 0 Å². The third kappa shape index (κ3) is 1.92. The van der Waals surface area contributed by atoms with Crippen molar-refractivity contribution < 1.29 is 9.15 Å².